The van der Waals surface area contributed by atoms with Crippen LogP contribution < -0.4 is 10.6 Å². The number of hydrogen-bond donors (Lipinski definition) is 2. The first-order chi connectivity index (χ1) is 12.5. The Morgan fingerprint density at radius 3 is 2.19 bits per heavy atom. The summed E-state index contributed by atoms with van der Waals surface area (Å²) < 4.78 is 4.66. The van der Waals surface area contributed by atoms with Crippen LogP contribution in [0.5, 0.6) is 0 Å². The highest BCUT2D eigenvalue weighted by molar-refractivity contribution is 6.30. The van der Waals surface area contributed by atoms with Crippen molar-refractivity contribution in [2.75, 3.05) is 17.7 Å². The number of carbonyl (C=O) groups excluding carboxylic acids is 3. The van der Waals surface area contributed by atoms with Gasteiger partial charge in [-0.25, -0.2) is 4.79 Å². The molecule has 0 saturated heterocycles. The molecule has 1 fully saturated rings. The molecule has 1 aliphatic carbocycles. The van der Waals surface area contributed by atoms with Gasteiger partial charge in [0.2, 0.25) is 11.8 Å². The van der Waals surface area contributed by atoms with Crippen LogP contribution in [0.25, 0.3) is 0 Å². The number of anilines is 2. The summed E-state index contributed by atoms with van der Waals surface area (Å²) in [6.45, 7) is 0. The predicted molar refractivity (Wildman–Crippen MR) is 98.1 cm³/mol. The maximum absolute atomic E-state index is 12.3. The van der Waals surface area contributed by atoms with Crippen molar-refractivity contribution in [3.63, 3.8) is 0 Å². The maximum Gasteiger partial charge on any atom is 0.337 e. The summed E-state index contributed by atoms with van der Waals surface area (Å²) in [5.74, 6) is -1.68. The molecule has 7 heteroatoms. The lowest BCUT2D eigenvalue weighted by Crippen LogP contribution is -2.20. The van der Waals surface area contributed by atoms with E-state index in [0.29, 0.717) is 28.4 Å². The SMILES string of the molecule is COC(=O)c1cccc(NC(=O)C2CC2C(=O)Nc2ccc(Cl)cc2)c1. The summed E-state index contributed by atoms with van der Waals surface area (Å²) in [6, 6.07) is 13.2. The molecule has 2 aromatic rings. The highest BCUT2D eigenvalue weighted by atomic mass is 35.5. The van der Waals surface area contributed by atoms with Crippen LogP contribution in [0, 0.1) is 11.8 Å². The summed E-state index contributed by atoms with van der Waals surface area (Å²) in [5.41, 5.74) is 1.47. The fourth-order valence-electron chi connectivity index (χ4n) is 2.62. The van der Waals surface area contributed by atoms with Gasteiger partial charge in [-0.15, -0.1) is 0 Å². The molecule has 0 heterocycles. The molecule has 1 aliphatic rings. The molecule has 1 saturated carbocycles. The van der Waals surface area contributed by atoms with Crippen molar-refractivity contribution in [2.45, 2.75) is 6.42 Å². The van der Waals surface area contributed by atoms with Gasteiger partial charge < -0.3 is 15.4 Å². The number of methoxy groups -OCH3 is 1. The molecule has 6 nitrogen and oxygen atoms in total. The molecule has 2 atom stereocenters. The number of rotatable bonds is 5. The van der Waals surface area contributed by atoms with Crippen LogP contribution in [0.1, 0.15) is 16.8 Å². The fraction of sp³-hybridized carbons (Fsp3) is 0.211. The van der Waals surface area contributed by atoms with Crippen LogP contribution in [0.2, 0.25) is 5.02 Å². The average molecular weight is 373 g/mol. The van der Waals surface area contributed by atoms with Crippen LogP contribution in [0.15, 0.2) is 48.5 Å². The maximum atomic E-state index is 12.3. The van der Waals surface area contributed by atoms with Crippen molar-refractivity contribution >= 4 is 40.8 Å². The van der Waals surface area contributed by atoms with Gasteiger partial charge in [0.25, 0.3) is 0 Å². The second-order valence-electron chi connectivity index (χ2n) is 6.01. The van der Waals surface area contributed by atoms with Crippen LogP contribution in [0.3, 0.4) is 0 Å². The third-order valence-electron chi connectivity index (χ3n) is 4.13. The minimum absolute atomic E-state index is 0.198. The van der Waals surface area contributed by atoms with Crippen LogP contribution >= 0.6 is 11.6 Å². The first kappa shape index (κ1) is 17.9. The van der Waals surface area contributed by atoms with E-state index in [2.05, 4.69) is 15.4 Å². The monoisotopic (exact) mass is 372 g/mol. The number of nitrogens with one attached hydrogen (secondary N) is 2. The second kappa shape index (κ2) is 7.58. The van der Waals surface area contributed by atoms with Crippen LogP contribution in [0.4, 0.5) is 11.4 Å². The van der Waals surface area contributed by atoms with E-state index in [0.717, 1.165) is 0 Å². The second-order valence-corrected chi connectivity index (χ2v) is 6.44. The van der Waals surface area contributed by atoms with Gasteiger partial charge in [-0.3, -0.25) is 9.59 Å². The zero-order valence-corrected chi connectivity index (χ0v) is 14.7. The van der Waals surface area contributed by atoms with E-state index in [9.17, 15) is 14.4 Å². The molecule has 0 aromatic heterocycles. The summed E-state index contributed by atoms with van der Waals surface area (Å²) in [5, 5.41) is 6.09. The van der Waals surface area contributed by atoms with Crippen molar-refractivity contribution in [2.24, 2.45) is 11.8 Å². The van der Waals surface area contributed by atoms with E-state index in [4.69, 9.17) is 11.6 Å². The Balaban J connectivity index is 1.56. The van der Waals surface area contributed by atoms with Gasteiger partial charge in [0.15, 0.2) is 0 Å². The van der Waals surface area contributed by atoms with Crippen molar-refractivity contribution in [3.8, 4) is 0 Å². The lowest BCUT2D eigenvalue weighted by molar-refractivity contribution is -0.122. The molecule has 0 spiro atoms. The Labute approximate surface area is 155 Å². The first-order valence-corrected chi connectivity index (χ1v) is 8.41. The Bertz CT molecular complexity index is 851. The fourth-order valence-corrected chi connectivity index (χ4v) is 2.75. The number of carbonyl (C=O) groups is 3. The number of ether oxygens (including phenoxy) is 1. The summed E-state index contributed by atoms with van der Waals surface area (Å²) in [4.78, 5) is 36.1. The zero-order valence-electron chi connectivity index (χ0n) is 14.0. The minimum atomic E-state index is -0.479. The molecule has 134 valence electrons. The highest BCUT2D eigenvalue weighted by Gasteiger charge is 2.48. The van der Waals surface area contributed by atoms with Crippen molar-refractivity contribution in [1.29, 1.82) is 0 Å². The third-order valence-corrected chi connectivity index (χ3v) is 4.38. The van der Waals surface area contributed by atoms with Crippen molar-refractivity contribution in [1.82, 2.24) is 0 Å². The number of halogens is 1. The summed E-state index contributed by atoms with van der Waals surface area (Å²) in [6.07, 6.45) is 0.488. The smallest absolute Gasteiger partial charge is 0.337 e. The molecule has 0 aliphatic heterocycles. The number of hydrogen-bond acceptors (Lipinski definition) is 4. The molecule has 2 aromatic carbocycles. The molecular weight excluding hydrogens is 356 g/mol. The molecular formula is C19H17ClN2O4. The van der Waals surface area contributed by atoms with Gasteiger partial charge in [-0.2, -0.15) is 0 Å². The standard InChI is InChI=1S/C19H17ClN2O4/c1-26-19(25)11-3-2-4-14(9-11)22-18(24)16-10-15(16)17(23)21-13-7-5-12(20)6-8-13/h2-9,15-16H,10H2,1H3,(H,21,23)(H,22,24). The Kier molecular flexibility index (Phi) is 5.23. The van der Waals surface area contributed by atoms with Crippen molar-refractivity contribution in [3.05, 3.63) is 59.1 Å². The lowest BCUT2D eigenvalue weighted by atomic mass is 10.2. The van der Waals surface area contributed by atoms with E-state index in [1.165, 1.54) is 13.2 Å². The average Bonchev–Trinajstić information content (AvgIpc) is 3.44. The molecule has 26 heavy (non-hydrogen) atoms. The Hall–Kier alpha value is -2.86. The van der Waals surface area contributed by atoms with Gasteiger partial charge in [-0.05, 0) is 48.9 Å². The van der Waals surface area contributed by atoms with E-state index >= 15 is 0 Å². The molecule has 2 unspecified atom stereocenters. The van der Waals surface area contributed by atoms with Crippen LogP contribution in [-0.2, 0) is 14.3 Å². The zero-order chi connectivity index (χ0) is 18.7. The van der Waals surface area contributed by atoms with Crippen molar-refractivity contribution < 1.29 is 19.1 Å². The highest BCUT2D eigenvalue weighted by Crippen LogP contribution is 2.40. The number of amides is 2. The van der Waals surface area contributed by atoms with Gasteiger partial charge in [-0.1, -0.05) is 17.7 Å². The largest absolute Gasteiger partial charge is 0.465 e. The quantitative estimate of drug-likeness (QED) is 0.788. The normalized spacial score (nSPS) is 17.9. The van der Waals surface area contributed by atoms with E-state index < -0.39 is 5.97 Å². The summed E-state index contributed by atoms with van der Waals surface area (Å²) >= 11 is 5.81. The Morgan fingerprint density at radius 2 is 1.58 bits per heavy atom. The third kappa shape index (κ3) is 4.21. The molecule has 0 radical (unpaired) electrons. The summed E-state index contributed by atoms with van der Waals surface area (Å²) in [7, 11) is 1.29. The predicted octanol–water partition coefficient (Wildman–Crippen LogP) is 3.34. The Morgan fingerprint density at radius 1 is 0.962 bits per heavy atom. The van der Waals surface area contributed by atoms with E-state index in [1.54, 1.807) is 42.5 Å². The number of benzene rings is 2. The lowest BCUT2D eigenvalue weighted by Gasteiger charge is -2.07. The van der Waals surface area contributed by atoms with Gasteiger partial charge >= 0.3 is 5.97 Å². The molecule has 3 rings (SSSR count). The first-order valence-electron chi connectivity index (χ1n) is 8.03. The minimum Gasteiger partial charge on any atom is -0.465 e. The van der Waals surface area contributed by atoms with E-state index in [1.807, 2.05) is 0 Å². The molecule has 2 N–H and O–H groups in total. The number of esters is 1. The van der Waals surface area contributed by atoms with Gasteiger partial charge in [0.1, 0.15) is 0 Å². The van der Waals surface area contributed by atoms with Gasteiger partial charge in [0.05, 0.1) is 24.5 Å². The van der Waals surface area contributed by atoms with Gasteiger partial charge in [0, 0.05) is 16.4 Å². The topological polar surface area (TPSA) is 84.5 Å². The molecule has 2 amide bonds. The van der Waals surface area contributed by atoms with E-state index in [-0.39, 0.29) is 23.7 Å². The van der Waals surface area contributed by atoms with Crippen LogP contribution in [-0.4, -0.2) is 24.9 Å². The molecule has 0 bridgehead atoms.